The molecule has 1 heteroatoms. The third-order valence-electron chi connectivity index (χ3n) is 4.48. The van der Waals surface area contributed by atoms with Crippen LogP contribution >= 0.6 is 0 Å². The van der Waals surface area contributed by atoms with Crippen LogP contribution in [0.1, 0.15) is 24.8 Å². The first kappa shape index (κ1) is 17.3. The summed E-state index contributed by atoms with van der Waals surface area (Å²) >= 11 is -1.73. The minimum atomic E-state index is -1.73. The van der Waals surface area contributed by atoms with Crippen LogP contribution in [0, 0.1) is 0 Å². The quantitative estimate of drug-likeness (QED) is 0.366. The Labute approximate surface area is 153 Å². The Morgan fingerprint density at radius 3 is 1.54 bits per heavy atom. The molecule has 0 aromatic heterocycles. The monoisotopic (exact) mass is 421 g/mol. The van der Waals surface area contributed by atoms with Crippen LogP contribution in [0.25, 0.3) is 0 Å². The van der Waals surface area contributed by atoms with Gasteiger partial charge in [0.05, 0.1) is 0 Å². The van der Waals surface area contributed by atoms with E-state index >= 15 is 0 Å². The number of unbranched alkanes of at least 4 members (excludes halogenated alkanes) is 2. The predicted octanol–water partition coefficient (Wildman–Crippen LogP) is 4.71. The van der Waals surface area contributed by atoms with E-state index in [1.54, 1.807) is 7.16 Å². The Hall–Kier alpha value is -1.54. The molecule has 24 heavy (non-hydrogen) atoms. The van der Waals surface area contributed by atoms with Gasteiger partial charge in [-0.3, -0.25) is 0 Å². The minimum absolute atomic E-state index is 1.22. The molecule has 0 atom stereocenters. The number of hydrogen-bond donors (Lipinski definition) is 0. The molecule has 0 unspecified atom stereocenters. The fourth-order valence-electron chi connectivity index (χ4n) is 3.19. The van der Waals surface area contributed by atoms with E-state index in [4.69, 9.17) is 0 Å². The van der Waals surface area contributed by atoms with Crippen LogP contribution in [0.3, 0.4) is 0 Å². The Morgan fingerprint density at radius 2 is 1.00 bits per heavy atom. The molecule has 0 saturated heterocycles. The van der Waals surface area contributed by atoms with Crippen LogP contribution in [0.15, 0.2) is 91.0 Å². The summed E-state index contributed by atoms with van der Waals surface area (Å²) in [6.07, 6.45) is 5.24. The van der Waals surface area contributed by atoms with Crippen LogP contribution < -0.4 is 7.16 Å². The molecular formula is C23H25Sn. The van der Waals surface area contributed by atoms with E-state index in [9.17, 15) is 0 Å². The van der Waals surface area contributed by atoms with Crippen molar-refractivity contribution in [3.63, 3.8) is 0 Å². The summed E-state index contributed by atoms with van der Waals surface area (Å²) in [5, 5.41) is 0. The van der Waals surface area contributed by atoms with Gasteiger partial charge in [0, 0.05) is 0 Å². The molecule has 0 fully saturated rings. The molecular weight excluding hydrogens is 395 g/mol. The van der Waals surface area contributed by atoms with E-state index in [0.717, 1.165) is 0 Å². The normalized spacial score (nSPS) is 10.9. The summed E-state index contributed by atoms with van der Waals surface area (Å²) in [5.41, 5.74) is 1.47. The summed E-state index contributed by atoms with van der Waals surface area (Å²) in [7, 11) is 0. The summed E-state index contributed by atoms with van der Waals surface area (Å²) in [6, 6.07) is 33.4. The molecule has 121 valence electrons. The molecule has 0 aliphatic carbocycles. The zero-order valence-corrected chi connectivity index (χ0v) is 17.0. The van der Waals surface area contributed by atoms with Crippen molar-refractivity contribution < 1.29 is 0 Å². The fourth-order valence-corrected chi connectivity index (χ4v) is 10.9. The summed E-state index contributed by atoms with van der Waals surface area (Å²) in [6.45, 7) is 0. The van der Waals surface area contributed by atoms with E-state index in [2.05, 4.69) is 91.0 Å². The van der Waals surface area contributed by atoms with Gasteiger partial charge in [0.2, 0.25) is 0 Å². The Balaban J connectivity index is 1.55. The zero-order chi connectivity index (χ0) is 16.5. The van der Waals surface area contributed by atoms with Crippen LogP contribution in [0.2, 0.25) is 4.44 Å². The topological polar surface area (TPSA) is 0 Å². The van der Waals surface area contributed by atoms with Crippen molar-refractivity contribution in [3.05, 3.63) is 96.6 Å². The number of aryl methyl sites for hydroxylation is 1. The van der Waals surface area contributed by atoms with E-state index in [-0.39, 0.29) is 0 Å². The Morgan fingerprint density at radius 1 is 0.500 bits per heavy atom. The Bertz CT molecular complexity index is 652. The second-order valence-electron chi connectivity index (χ2n) is 6.26. The van der Waals surface area contributed by atoms with Gasteiger partial charge in [-0.2, -0.15) is 0 Å². The standard InChI is InChI=1S/C11H15.2C6H5.Sn/c1-2-3-5-8-11-9-6-4-7-10-11;2*1-2-4-6-5-3-1;/h4,6-7,9-10H,1-3,5,8H2;2*1-5H;. The van der Waals surface area contributed by atoms with Gasteiger partial charge in [0.25, 0.3) is 0 Å². The summed E-state index contributed by atoms with van der Waals surface area (Å²) in [5.74, 6) is 0. The summed E-state index contributed by atoms with van der Waals surface area (Å²) in [4.78, 5) is 0. The molecule has 0 aliphatic heterocycles. The maximum absolute atomic E-state index is 2.35. The van der Waals surface area contributed by atoms with Gasteiger partial charge in [-0.05, 0) is 0 Å². The van der Waals surface area contributed by atoms with Gasteiger partial charge < -0.3 is 0 Å². The van der Waals surface area contributed by atoms with Crippen molar-refractivity contribution in [2.24, 2.45) is 0 Å². The SMILES string of the molecule is c1ccc(CCCC[CH2][Sn]([c]2ccccc2)[c]2ccccc2)cc1. The van der Waals surface area contributed by atoms with Crippen LogP contribution in [0.4, 0.5) is 0 Å². The predicted molar refractivity (Wildman–Crippen MR) is 107 cm³/mol. The second-order valence-corrected chi connectivity index (χ2v) is 13.7. The Kier molecular flexibility index (Phi) is 6.97. The maximum atomic E-state index is 2.35. The van der Waals surface area contributed by atoms with E-state index in [1.807, 2.05) is 0 Å². The van der Waals surface area contributed by atoms with Crippen LogP contribution in [0.5, 0.6) is 0 Å². The van der Waals surface area contributed by atoms with E-state index < -0.39 is 19.8 Å². The van der Waals surface area contributed by atoms with Gasteiger partial charge in [-0.25, -0.2) is 0 Å². The average Bonchev–Trinajstić information content (AvgIpc) is 2.67. The molecule has 0 spiro atoms. The van der Waals surface area contributed by atoms with Gasteiger partial charge in [0.15, 0.2) is 0 Å². The second kappa shape index (κ2) is 9.68. The molecule has 0 aliphatic rings. The van der Waals surface area contributed by atoms with E-state index in [0.29, 0.717) is 0 Å². The number of hydrogen-bond acceptors (Lipinski definition) is 0. The first-order chi connectivity index (χ1) is 11.9. The molecule has 0 N–H and O–H groups in total. The summed E-state index contributed by atoms with van der Waals surface area (Å²) < 4.78 is 4.69. The van der Waals surface area contributed by atoms with Crippen molar-refractivity contribution in [2.75, 3.05) is 0 Å². The van der Waals surface area contributed by atoms with Gasteiger partial charge in [-0.1, -0.05) is 0 Å². The average molecular weight is 420 g/mol. The molecule has 0 amide bonds. The molecule has 3 aromatic carbocycles. The molecule has 3 aromatic rings. The van der Waals surface area contributed by atoms with Gasteiger partial charge in [-0.15, -0.1) is 0 Å². The number of rotatable bonds is 8. The van der Waals surface area contributed by atoms with Crippen molar-refractivity contribution in [1.29, 1.82) is 0 Å². The molecule has 0 bridgehead atoms. The van der Waals surface area contributed by atoms with Crippen molar-refractivity contribution in [2.45, 2.75) is 30.1 Å². The van der Waals surface area contributed by atoms with Gasteiger partial charge in [0.1, 0.15) is 0 Å². The zero-order valence-electron chi connectivity index (χ0n) is 14.2. The molecule has 1 radical (unpaired) electrons. The third kappa shape index (κ3) is 5.24. The molecule has 0 nitrogen and oxygen atoms in total. The molecule has 0 heterocycles. The third-order valence-corrected chi connectivity index (χ3v) is 12.8. The first-order valence-electron chi connectivity index (χ1n) is 8.94. The van der Waals surface area contributed by atoms with Crippen LogP contribution in [-0.2, 0) is 6.42 Å². The van der Waals surface area contributed by atoms with Crippen molar-refractivity contribution in [3.8, 4) is 0 Å². The first-order valence-corrected chi connectivity index (χ1v) is 13.8. The molecule has 0 saturated carbocycles. The molecule has 3 rings (SSSR count). The van der Waals surface area contributed by atoms with Crippen LogP contribution in [-0.4, -0.2) is 19.8 Å². The van der Waals surface area contributed by atoms with Crippen molar-refractivity contribution >= 4 is 26.9 Å². The van der Waals surface area contributed by atoms with Gasteiger partial charge >= 0.3 is 154 Å². The fraction of sp³-hybridized carbons (Fsp3) is 0.217. The number of benzene rings is 3. The van der Waals surface area contributed by atoms with Crippen molar-refractivity contribution in [1.82, 2.24) is 0 Å². The van der Waals surface area contributed by atoms with E-state index in [1.165, 1.54) is 35.7 Å².